The van der Waals surface area contributed by atoms with Gasteiger partial charge in [0.2, 0.25) is 11.8 Å². The van der Waals surface area contributed by atoms with Gasteiger partial charge in [0, 0.05) is 30.8 Å². The molecule has 5 heteroatoms. The molecular formula is C15H19N3O2. The largest absolute Gasteiger partial charge is 0.399 e. The van der Waals surface area contributed by atoms with Crippen LogP contribution in [-0.4, -0.2) is 24.4 Å². The molecule has 4 N–H and O–H groups in total. The fourth-order valence-electron chi connectivity index (χ4n) is 1.72. The summed E-state index contributed by atoms with van der Waals surface area (Å²) in [6.07, 6.45) is 5.58. The van der Waals surface area contributed by atoms with Crippen molar-refractivity contribution in [3.63, 3.8) is 0 Å². The number of carbonyl (C=O) groups excluding carboxylic acids is 2. The Hall–Kier alpha value is -2.30. The molecule has 0 radical (unpaired) electrons. The third-order valence-electron chi connectivity index (χ3n) is 2.93. The van der Waals surface area contributed by atoms with Crippen molar-refractivity contribution in [2.75, 3.05) is 12.3 Å². The minimum absolute atomic E-state index is 0.00684. The minimum Gasteiger partial charge on any atom is -0.399 e. The molecule has 0 saturated heterocycles. The van der Waals surface area contributed by atoms with Crippen LogP contribution in [0.5, 0.6) is 0 Å². The van der Waals surface area contributed by atoms with Crippen LogP contribution in [0.1, 0.15) is 24.8 Å². The average Bonchev–Trinajstić information content (AvgIpc) is 3.20. The second kappa shape index (κ2) is 6.75. The molecule has 1 aromatic rings. The smallest absolute Gasteiger partial charge is 0.244 e. The maximum Gasteiger partial charge on any atom is 0.244 e. The normalized spacial score (nSPS) is 14.2. The lowest BCUT2D eigenvalue weighted by molar-refractivity contribution is -0.121. The van der Waals surface area contributed by atoms with E-state index in [0.29, 0.717) is 24.7 Å². The van der Waals surface area contributed by atoms with Gasteiger partial charge in [-0.15, -0.1) is 0 Å². The quantitative estimate of drug-likeness (QED) is 0.535. The van der Waals surface area contributed by atoms with E-state index >= 15 is 0 Å². The molecule has 0 spiro atoms. The van der Waals surface area contributed by atoms with Crippen molar-refractivity contribution in [2.45, 2.75) is 25.3 Å². The summed E-state index contributed by atoms with van der Waals surface area (Å²) in [5, 5.41) is 5.54. The van der Waals surface area contributed by atoms with Crippen molar-refractivity contribution >= 4 is 23.6 Å². The number of rotatable bonds is 6. The maximum absolute atomic E-state index is 11.6. The summed E-state index contributed by atoms with van der Waals surface area (Å²) in [6, 6.07) is 7.63. The van der Waals surface area contributed by atoms with Crippen molar-refractivity contribution in [3.8, 4) is 0 Å². The highest BCUT2D eigenvalue weighted by Gasteiger charge is 2.22. The molecule has 1 fully saturated rings. The standard InChI is InChI=1S/C15H19N3O2/c16-12-3-1-2-11(10-12)4-7-14(19)17-9-8-15(20)18-13-5-6-13/h1-4,7,10,13H,5-6,8-9,16H2,(H,17,19)(H,18,20)/b7-4+. The summed E-state index contributed by atoms with van der Waals surface area (Å²) in [5.41, 5.74) is 7.17. The molecule has 1 aliphatic carbocycles. The van der Waals surface area contributed by atoms with E-state index in [9.17, 15) is 9.59 Å². The van der Waals surface area contributed by atoms with E-state index in [1.807, 2.05) is 12.1 Å². The zero-order chi connectivity index (χ0) is 14.4. The van der Waals surface area contributed by atoms with Crippen LogP contribution in [0.4, 0.5) is 5.69 Å². The molecule has 1 aliphatic rings. The fourth-order valence-corrected chi connectivity index (χ4v) is 1.72. The second-order valence-corrected chi connectivity index (χ2v) is 4.89. The molecule has 2 rings (SSSR count). The number of anilines is 1. The van der Waals surface area contributed by atoms with Crippen LogP contribution in [0.3, 0.4) is 0 Å². The van der Waals surface area contributed by atoms with Gasteiger partial charge >= 0.3 is 0 Å². The van der Waals surface area contributed by atoms with E-state index in [1.165, 1.54) is 6.08 Å². The van der Waals surface area contributed by atoms with Crippen molar-refractivity contribution in [3.05, 3.63) is 35.9 Å². The van der Waals surface area contributed by atoms with Crippen molar-refractivity contribution in [2.24, 2.45) is 0 Å². The van der Waals surface area contributed by atoms with Gasteiger partial charge in [0.05, 0.1) is 0 Å². The Morgan fingerprint density at radius 2 is 2.15 bits per heavy atom. The molecule has 0 aliphatic heterocycles. The minimum atomic E-state index is -0.216. The Kier molecular flexibility index (Phi) is 4.76. The molecular weight excluding hydrogens is 254 g/mol. The Morgan fingerprint density at radius 1 is 1.35 bits per heavy atom. The monoisotopic (exact) mass is 273 g/mol. The summed E-state index contributed by atoms with van der Waals surface area (Å²) >= 11 is 0. The number of carbonyl (C=O) groups is 2. The molecule has 1 saturated carbocycles. The van der Waals surface area contributed by atoms with Crippen LogP contribution >= 0.6 is 0 Å². The number of hydrogen-bond acceptors (Lipinski definition) is 3. The molecule has 1 aromatic carbocycles. The first-order chi connectivity index (χ1) is 9.63. The van der Waals surface area contributed by atoms with E-state index in [4.69, 9.17) is 5.73 Å². The van der Waals surface area contributed by atoms with Crippen molar-refractivity contribution in [1.82, 2.24) is 10.6 Å². The molecule has 0 aromatic heterocycles. The highest BCUT2D eigenvalue weighted by atomic mass is 16.2. The van der Waals surface area contributed by atoms with Crippen LogP contribution in [0.2, 0.25) is 0 Å². The maximum atomic E-state index is 11.6. The second-order valence-electron chi connectivity index (χ2n) is 4.89. The Bertz CT molecular complexity index is 522. The average molecular weight is 273 g/mol. The van der Waals surface area contributed by atoms with E-state index in [1.54, 1.807) is 18.2 Å². The lowest BCUT2D eigenvalue weighted by atomic mass is 10.2. The lowest BCUT2D eigenvalue weighted by Crippen LogP contribution is -2.30. The molecule has 2 amide bonds. The molecule has 0 unspecified atom stereocenters. The van der Waals surface area contributed by atoms with Gasteiger partial charge in [-0.1, -0.05) is 12.1 Å². The van der Waals surface area contributed by atoms with Gasteiger partial charge in [-0.2, -0.15) is 0 Å². The van der Waals surface area contributed by atoms with Crippen LogP contribution in [0.15, 0.2) is 30.3 Å². The number of nitrogens with one attached hydrogen (secondary N) is 2. The van der Waals surface area contributed by atoms with E-state index < -0.39 is 0 Å². The first kappa shape index (κ1) is 14.1. The van der Waals surface area contributed by atoms with Crippen molar-refractivity contribution in [1.29, 1.82) is 0 Å². The van der Waals surface area contributed by atoms with Gasteiger partial charge in [-0.25, -0.2) is 0 Å². The Balaban J connectivity index is 1.68. The van der Waals surface area contributed by atoms with Gasteiger partial charge < -0.3 is 16.4 Å². The number of nitrogen functional groups attached to an aromatic ring is 1. The number of hydrogen-bond donors (Lipinski definition) is 3. The SMILES string of the molecule is Nc1cccc(/C=C/C(=O)NCCC(=O)NC2CC2)c1. The molecule has 0 bridgehead atoms. The molecule has 0 heterocycles. The van der Waals surface area contributed by atoms with Gasteiger partial charge in [0.15, 0.2) is 0 Å². The summed E-state index contributed by atoms with van der Waals surface area (Å²) in [7, 11) is 0. The van der Waals surface area contributed by atoms with Crippen LogP contribution in [-0.2, 0) is 9.59 Å². The van der Waals surface area contributed by atoms with Crippen LogP contribution in [0.25, 0.3) is 6.08 Å². The number of benzene rings is 1. The predicted octanol–water partition coefficient (Wildman–Crippen LogP) is 1.07. The summed E-state index contributed by atoms with van der Waals surface area (Å²) in [6.45, 7) is 0.346. The third-order valence-corrected chi connectivity index (χ3v) is 2.93. The number of nitrogens with two attached hydrogens (primary N) is 1. The molecule has 20 heavy (non-hydrogen) atoms. The highest BCUT2D eigenvalue weighted by Crippen LogP contribution is 2.18. The topological polar surface area (TPSA) is 84.2 Å². The van der Waals surface area contributed by atoms with Crippen molar-refractivity contribution < 1.29 is 9.59 Å². The van der Waals surface area contributed by atoms with Gasteiger partial charge in [-0.3, -0.25) is 9.59 Å². The highest BCUT2D eigenvalue weighted by molar-refractivity contribution is 5.92. The zero-order valence-electron chi connectivity index (χ0n) is 11.3. The first-order valence-electron chi connectivity index (χ1n) is 6.74. The molecule has 5 nitrogen and oxygen atoms in total. The third kappa shape index (κ3) is 5.14. The first-order valence-corrected chi connectivity index (χ1v) is 6.74. The van der Waals surface area contributed by atoms with Crippen LogP contribution < -0.4 is 16.4 Å². The summed E-state index contributed by atoms with van der Waals surface area (Å²) in [5.74, 6) is -0.223. The molecule has 106 valence electrons. The molecule has 0 atom stereocenters. The van der Waals surface area contributed by atoms with Gasteiger partial charge in [-0.05, 0) is 36.6 Å². The van der Waals surface area contributed by atoms with E-state index in [0.717, 1.165) is 18.4 Å². The summed E-state index contributed by atoms with van der Waals surface area (Å²) in [4.78, 5) is 23.0. The van der Waals surface area contributed by atoms with E-state index in [2.05, 4.69) is 10.6 Å². The Morgan fingerprint density at radius 3 is 2.85 bits per heavy atom. The van der Waals surface area contributed by atoms with Gasteiger partial charge in [0.25, 0.3) is 0 Å². The lowest BCUT2D eigenvalue weighted by Gasteiger charge is -2.03. The summed E-state index contributed by atoms with van der Waals surface area (Å²) < 4.78 is 0. The predicted molar refractivity (Wildman–Crippen MR) is 78.7 cm³/mol. The fraction of sp³-hybridized carbons (Fsp3) is 0.333. The number of amides is 2. The zero-order valence-corrected chi connectivity index (χ0v) is 11.3. The van der Waals surface area contributed by atoms with Crippen LogP contribution in [0, 0.1) is 0 Å². The van der Waals surface area contributed by atoms with Gasteiger partial charge in [0.1, 0.15) is 0 Å². The Labute approximate surface area is 118 Å². The van der Waals surface area contributed by atoms with E-state index in [-0.39, 0.29) is 11.8 Å².